The molecule has 0 bridgehead atoms. The van der Waals surface area contributed by atoms with Gasteiger partial charge in [0.15, 0.2) is 0 Å². The summed E-state index contributed by atoms with van der Waals surface area (Å²) in [5.41, 5.74) is -0.580. The van der Waals surface area contributed by atoms with Crippen LogP contribution >= 0.6 is 0 Å². The number of hydrogen-bond acceptors (Lipinski definition) is 2. The van der Waals surface area contributed by atoms with E-state index in [2.05, 4.69) is 5.32 Å². The third-order valence-corrected chi connectivity index (χ3v) is 4.11. The lowest BCUT2D eigenvalue weighted by Gasteiger charge is -2.33. The molecule has 0 unspecified atom stereocenters. The molecule has 1 saturated heterocycles. The minimum atomic E-state index is -4.41. The average Bonchev–Trinajstić information content (AvgIpc) is 2.54. The molecule has 1 aromatic carbocycles. The third kappa shape index (κ3) is 4.49. The molecule has 1 fully saturated rings. The number of halogens is 3. The Morgan fingerprint density at radius 1 is 1.12 bits per heavy atom. The van der Waals surface area contributed by atoms with Crippen LogP contribution in [0.15, 0.2) is 24.3 Å². The first kappa shape index (κ1) is 18.3. The summed E-state index contributed by atoms with van der Waals surface area (Å²) in [6.45, 7) is 4.85. The standard InChI is InChI=1S/C17H21F3N2O2/c1-11(2)16(24)22-9-7-14(8-10-22)21-15(23)12-3-5-13(6-4-12)17(18,19)20/h3-6,11,14H,7-10H2,1-2H3,(H,21,23). The fourth-order valence-electron chi connectivity index (χ4n) is 2.69. The van der Waals surface area contributed by atoms with Crippen molar-refractivity contribution in [2.75, 3.05) is 13.1 Å². The fourth-order valence-corrected chi connectivity index (χ4v) is 2.69. The van der Waals surface area contributed by atoms with Crippen molar-refractivity contribution in [3.8, 4) is 0 Å². The lowest BCUT2D eigenvalue weighted by molar-refractivity contribution is -0.137. The van der Waals surface area contributed by atoms with Gasteiger partial charge in [-0.25, -0.2) is 0 Å². The van der Waals surface area contributed by atoms with Gasteiger partial charge in [-0.1, -0.05) is 13.8 Å². The topological polar surface area (TPSA) is 49.4 Å². The Kier molecular flexibility index (Phi) is 5.51. The number of amides is 2. The van der Waals surface area contributed by atoms with Crippen molar-refractivity contribution < 1.29 is 22.8 Å². The molecule has 4 nitrogen and oxygen atoms in total. The van der Waals surface area contributed by atoms with Crippen LogP contribution in [0.25, 0.3) is 0 Å². The summed E-state index contributed by atoms with van der Waals surface area (Å²) >= 11 is 0. The Bertz CT molecular complexity index is 589. The molecular weight excluding hydrogens is 321 g/mol. The maximum absolute atomic E-state index is 12.5. The van der Waals surface area contributed by atoms with Crippen molar-refractivity contribution in [2.45, 2.75) is 38.9 Å². The second kappa shape index (κ2) is 7.23. The van der Waals surface area contributed by atoms with Crippen LogP contribution in [-0.2, 0) is 11.0 Å². The molecule has 2 amide bonds. The molecular formula is C17H21F3N2O2. The summed E-state index contributed by atoms with van der Waals surface area (Å²) in [6.07, 6.45) is -3.12. The van der Waals surface area contributed by atoms with Gasteiger partial charge in [0, 0.05) is 30.6 Å². The first-order valence-corrected chi connectivity index (χ1v) is 7.95. The van der Waals surface area contributed by atoms with E-state index in [-0.39, 0.29) is 23.4 Å². The molecule has 0 saturated carbocycles. The molecule has 0 radical (unpaired) electrons. The highest BCUT2D eigenvalue weighted by Crippen LogP contribution is 2.29. The highest BCUT2D eigenvalue weighted by molar-refractivity contribution is 5.94. The Labute approximate surface area is 139 Å². The van der Waals surface area contributed by atoms with Crippen LogP contribution in [0.1, 0.15) is 42.6 Å². The number of benzene rings is 1. The number of nitrogens with zero attached hydrogens (tertiary/aromatic N) is 1. The predicted octanol–water partition coefficient (Wildman–Crippen LogP) is 3.08. The summed E-state index contributed by atoms with van der Waals surface area (Å²) in [5.74, 6) is -0.344. The zero-order valence-electron chi connectivity index (χ0n) is 13.7. The number of piperidine rings is 1. The summed E-state index contributed by atoms with van der Waals surface area (Å²) in [4.78, 5) is 25.8. The van der Waals surface area contributed by atoms with Crippen LogP contribution in [0.4, 0.5) is 13.2 Å². The molecule has 132 valence electrons. The second-order valence-electron chi connectivity index (χ2n) is 6.30. The molecule has 0 atom stereocenters. The number of alkyl halides is 3. The monoisotopic (exact) mass is 342 g/mol. The zero-order chi connectivity index (χ0) is 17.9. The minimum Gasteiger partial charge on any atom is -0.349 e. The first-order chi connectivity index (χ1) is 11.2. The number of nitrogens with one attached hydrogen (secondary N) is 1. The Morgan fingerprint density at radius 3 is 2.12 bits per heavy atom. The van der Waals surface area contributed by atoms with Gasteiger partial charge in [-0.3, -0.25) is 9.59 Å². The van der Waals surface area contributed by atoms with E-state index < -0.39 is 17.6 Å². The first-order valence-electron chi connectivity index (χ1n) is 7.95. The number of rotatable bonds is 3. The van der Waals surface area contributed by atoms with Gasteiger partial charge in [-0.15, -0.1) is 0 Å². The van der Waals surface area contributed by atoms with Gasteiger partial charge >= 0.3 is 6.18 Å². The van der Waals surface area contributed by atoms with E-state index in [9.17, 15) is 22.8 Å². The van der Waals surface area contributed by atoms with Crippen molar-refractivity contribution in [3.63, 3.8) is 0 Å². The van der Waals surface area contributed by atoms with Crippen LogP contribution in [-0.4, -0.2) is 35.8 Å². The predicted molar refractivity (Wildman–Crippen MR) is 83.4 cm³/mol. The molecule has 0 spiro atoms. The number of hydrogen-bond donors (Lipinski definition) is 1. The highest BCUT2D eigenvalue weighted by atomic mass is 19.4. The smallest absolute Gasteiger partial charge is 0.349 e. The van der Waals surface area contributed by atoms with Gasteiger partial charge in [0.2, 0.25) is 5.91 Å². The molecule has 1 aliphatic heterocycles. The minimum absolute atomic E-state index is 0.0525. The normalized spacial score (nSPS) is 16.3. The zero-order valence-corrected chi connectivity index (χ0v) is 13.7. The average molecular weight is 342 g/mol. The molecule has 7 heteroatoms. The van der Waals surface area contributed by atoms with Crippen LogP contribution in [0.5, 0.6) is 0 Å². The molecule has 1 N–H and O–H groups in total. The van der Waals surface area contributed by atoms with Crippen molar-refractivity contribution in [1.29, 1.82) is 0 Å². The van der Waals surface area contributed by atoms with E-state index in [4.69, 9.17) is 0 Å². The Balaban J connectivity index is 1.89. The van der Waals surface area contributed by atoms with Crippen LogP contribution in [0.2, 0.25) is 0 Å². The Morgan fingerprint density at radius 2 is 1.67 bits per heavy atom. The molecule has 2 rings (SSSR count). The van der Waals surface area contributed by atoms with Crippen LogP contribution in [0.3, 0.4) is 0 Å². The molecule has 1 heterocycles. The van der Waals surface area contributed by atoms with E-state index in [0.29, 0.717) is 25.9 Å². The molecule has 0 aromatic heterocycles. The summed E-state index contributed by atoms with van der Waals surface area (Å²) in [5, 5.41) is 2.82. The highest BCUT2D eigenvalue weighted by Gasteiger charge is 2.30. The van der Waals surface area contributed by atoms with Gasteiger partial charge < -0.3 is 10.2 Å². The number of carbonyl (C=O) groups is 2. The third-order valence-electron chi connectivity index (χ3n) is 4.11. The lowest BCUT2D eigenvalue weighted by atomic mass is 10.0. The van der Waals surface area contributed by atoms with E-state index in [1.807, 2.05) is 13.8 Å². The summed E-state index contributed by atoms with van der Waals surface area (Å²) in [6, 6.07) is 4.08. The van der Waals surface area contributed by atoms with E-state index in [1.54, 1.807) is 4.90 Å². The van der Waals surface area contributed by atoms with Crippen molar-refractivity contribution in [1.82, 2.24) is 10.2 Å². The Hall–Kier alpha value is -2.05. The summed E-state index contributed by atoms with van der Waals surface area (Å²) < 4.78 is 37.6. The second-order valence-corrected chi connectivity index (χ2v) is 6.30. The maximum atomic E-state index is 12.5. The van der Waals surface area contributed by atoms with Gasteiger partial charge in [0.1, 0.15) is 0 Å². The summed E-state index contributed by atoms with van der Waals surface area (Å²) in [7, 11) is 0. The van der Waals surface area contributed by atoms with Gasteiger partial charge in [0.05, 0.1) is 5.56 Å². The number of likely N-dealkylation sites (tertiary alicyclic amines) is 1. The molecule has 1 aromatic rings. The maximum Gasteiger partial charge on any atom is 0.416 e. The van der Waals surface area contributed by atoms with Crippen LogP contribution in [0, 0.1) is 5.92 Å². The van der Waals surface area contributed by atoms with Crippen molar-refractivity contribution in [2.24, 2.45) is 5.92 Å². The molecule has 1 aliphatic rings. The quantitative estimate of drug-likeness (QED) is 0.918. The fraction of sp³-hybridized carbons (Fsp3) is 0.529. The van der Waals surface area contributed by atoms with E-state index in [1.165, 1.54) is 12.1 Å². The van der Waals surface area contributed by atoms with Gasteiger partial charge in [-0.2, -0.15) is 13.2 Å². The molecule has 0 aliphatic carbocycles. The van der Waals surface area contributed by atoms with Crippen molar-refractivity contribution in [3.05, 3.63) is 35.4 Å². The van der Waals surface area contributed by atoms with E-state index >= 15 is 0 Å². The van der Waals surface area contributed by atoms with Crippen molar-refractivity contribution >= 4 is 11.8 Å². The number of carbonyl (C=O) groups excluding carboxylic acids is 2. The largest absolute Gasteiger partial charge is 0.416 e. The van der Waals surface area contributed by atoms with Gasteiger partial charge in [-0.05, 0) is 37.1 Å². The SMILES string of the molecule is CC(C)C(=O)N1CCC(NC(=O)c2ccc(C(F)(F)F)cc2)CC1. The van der Waals surface area contributed by atoms with Gasteiger partial charge in [0.25, 0.3) is 5.91 Å². The van der Waals surface area contributed by atoms with E-state index in [0.717, 1.165) is 12.1 Å². The lowest BCUT2D eigenvalue weighted by Crippen LogP contribution is -2.47. The molecule has 24 heavy (non-hydrogen) atoms. The van der Waals surface area contributed by atoms with Crippen LogP contribution < -0.4 is 5.32 Å².